The Bertz CT molecular complexity index is 1220. The molecule has 2 fully saturated rings. The number of nitrogens with zero attached hydrogens (tertiary/aromatic N) is 3. The highest BCUT2D eigenvalue weighted by atomic mass is 19.3. The zero-order valence-electron chi connectivity index (χ0n) is 18.5. The Hall–Kier alpha value is -3.43. The number of carbonyl (C=O) groups excluding carboxylic acids is 1. The minimum Gasteiger partial charge on any atom is -0.493 e. The van der Waals surface area contributed by atoms with E-state index in [1.54, 1.807) is 31.4 Å². The van der Waals surface area contributed by atoms with Crippen LogP contribution in [0.1, 0.15) is 26.3 Å². The molecule has 1 aliphatic carbocycles. The topological polar surface area (TPSA) is 87.5 Å². The van der Waals surface area contributed by atoms with Crippen LogP contribution in [0.5, 0.6) is 17.4 Å². The molecular formula is C23H24F2N4O4. The van der Waals surface area contributed by atoms with Crippen LogP contribution in [0.15, 0.2) is 30.6 Å². The largest absolute Gasteiger partial charge is 0.493 e. The second-order valence-electron chi connectivity index (χ2n) is 8.48. The first-order valence-corrected chi connectivity index (χ1v) is 10.7. The lowest BCUT2D eigenvalue weighted by molar-refractivity contribution is -0.124. The third-order valence-corrected chi connectivity index (χ3v) is 6.71. The number of carbonyl (C=O) groups is 1. The van der Waals surface area contributed by atoms with Crippen molar-refractivity contribution < 1.29 is 27.8 Å². The molecule has 1 saturated carbocycles. The molecule has 0 bridgehead atoms. The van der Waals surface area contributed by atoms with Crippen LogP contribution in [0.2, 0.25) is 0 Å². The van der Waals surface area contributed by atoms with Crippen LogP contribution in [0, 0.1) is 11.3 Å². The van der Waals surface area contributed by atoms with Crippen molar-refractivity contribution >= 4 is 16.9 Å². The predicted molar refractivity (Wildman–Crippen MR) is 116 cm³/mol. The number of imidazole rings is 1. The Morgan fingerprint density at radius 3 is 2.61 bits per heavy atom. The Labute approximate surface area is 188 Å². The van der Waals surface area contributed by atoms with E-state index in [9.17, 15) is 13.6 Å². The summed E-state index contributed by atoms with van der Waals surface area (Å²) in [5.74, 6) is 1.10. The predicted octanol–water partition coefficient (Wildman–Crippen LogP) is 3.80. The molecule has 0 radical (unpaired) electrons. The maximum Gasteiger partial charge on any atom is 0.320 e. The van der Waals surface area contributed by atoms with Gasteiger partial charge in [-0.15, -0.1) is 0 Å². The molecule has 3 heterocycles. The first-order valence-electron chi connectivity index (χ1n) is 10.7. The number of ether oxygens (including phenoxy) is 3. The minimum atomic E-state index is -2.80. The lowest BCUT2D eigenvalue weighted by Crippen LogP contribution is -2.32. The smallest absolute Gasteiger partial charge is 0.320 e. The van der Waals surface area contributed by atoms with Crippen LogP contribution in [0.25, 0.3) is 22.3 Å². The normalized spacial score (nSPS) is 19.7. The van der Waals surface area contributed by atoms with Gasteiger partial charge in [0.2, 0.25) is 11.8 Å². The third kappa shape index (κ3) is 3.44. The van der Waals surface area contributed by atoms with Crippen molar-refractivity contribution in [2.75, 3.05) is 20.8 Å². The molecule has 1 unspecified atom stereocenters. The zero-order chi connectivity index (χ0) is 23.3. The van der Waals surface area contributed by atoms with Gasteiger partial charge in [0.25, 0.3) is 0 Å². The summed E-state index contributed by atoms with van der Waals surface area (Å²) in [6.45, 7) is -0.456. The number of pyridine rings is 1. The second kappa shape index (κ2) is 7.86. The summed E-state index contributed by atoms with van der Waals surface area (Å²) in [6, 6.07) is 6.93. The molecule has 1 spiro atoms. The molecule has 8 nitrogen and oxygen atoms in total. The summed E-state index contributed by atoms with van der Waals surface area (Å²) in [5.41, 5.74) is 1.21. The van der Waals surface area contributed by atoms with E-state index in [0.717, 1.165) is 23.7 Å². The van der Waals surface area contributed by atoms with Crippen molar-refractivity contribution in [3.05, 3.63) is 30.6 Å². The number of fused-ring (bicyclic) bond motifs is 1. The van der Waals surface area contributed by atoms with Crippen molar-refractivity contribution in [2.45, 2.75) is 32.4 Å². The van der Waals surface area contributed by atoms with E-state index in [4.69, 9.17) is 14.2 Å². The van der Waals surface area contributed by atoms with Gasteiger partial charge in [-0.2, -0.15) is 8.78 Å². The number of hydrogen-bond donors (Lipinski definition) is 1. The van der Waals surface area contributed by atoms with Crippen molar-refractivity contribution in [1.29, 1.82) is 0 Å². The Morgan fingerprint density at radius 1 is 1.18 bits per heavy atom. The van der Waals surface area contributed by atoms with Gasteiger partial charge in [0.1, 0.15) is 17.9 Å². The number of aromatic nitrogens is 3. The molecule has 2 aromatic heterocycles. The molecule has 1 aliphatic heterocycles. The fraction of sp³-hybridized carbons (Fsp3) is 0.435. The maximum atomic E-state index is 13.7. The van der Waals surface area contributed by atoms with E-state index in [-0.39, 0.29) is 23.2 Å². The fourth-order valence-corrected chi connectivity index (χ4v) is 4.75. The van der Waals surface area contributed by atoms with E-state index in [1.807, 2.05) is 6.92 Å². The Balaban J connectivity index is 1.57. The standard InChI is InChI=1S/C23H24F2N4O4/c1-12(14-10-26-21(30)23(14)6-7-23)33-20-19-16(27-11-29(19)22(24)25)9-15(28-20)13-4-5-17(31-2)18(8-13)32-3/h4-5,8-9,11-12,14,22H,6-7,10H2,1-3H3,(H,26,30)/t12-,14?/m1/s1. The molecule has 3 aromatic rings. The lowest BCUT2D eigenvalue weighted by atomic mass is 9.88. The molecule has 1 aromatic carbocycles. The number of amides is 1. The Kier molecular flexibility index (Phi) is 5.10. The van der Waals surface area contributed by atoms with Gasteiger partial charge in [0, 0.05) is 18.0 Å². The average Bonchev–Trinajstić information content (AvgIpc) is 3.37. The molecular weight excluding hydrogens is 434 g/mol. The SMILES string of the molecule is COc1ccc(-c2cc3ncn(C(F)F)c3c(O[C@H](C)C3CNC(=O)C34CC4)n2)cc1OC. The van der Waals surface area contributed by atoms with Gasteiger partial charge in [-0.3, -0.25) is 9.36 Å². The van der Waals surface area contributed by atoms with Crippen molar-refractivity contribution in [2.24, 2.45) is 11.3 Å². The van der Waals surface area contributed by atoms with Crippen LogP contribution in [-0.4, -0.2) is 47.3 Å². The fourth-order valence-electron chi connectivity index (χ4n) is 4.75. The zero-order valence-corrected chi connectivity index (χ0v) is 18.5. The molecule has 2 aliphatic rings. The summed E-state index contributed by atoms with van der Waals surface area (Å²) in [4.78, 5) is 21.0. The van der Waals surface area contributed by atoms with Gasteiger partial charge in [-0.05, 0) is 44.0 Å². The summed E-state index contributed by atoms with van der Waals surface area (Å²) >= 11 is 0. The van der Waals surface area contributed by atoms with Crippen molar-refractivity contribution in [3.8, 4) is 28.6 Å². The van der Waals surface area contributed by atoms with Crippen LogP contribution in [-0.2, 0) is 4.79 Å². The van der Waals surface area contributed by atoms with Crippen LogP contribution < -0.4 is 19.5 Å². The van der Waals surface area contributed by atoms with Gasteiger partial charge in [0.15, 0.2) is 11.5 Å². The number of rotatable bonds is 7. The number of methoxy groups -OCH3 is 2. The average molecular weight is 458 g/mol. The van der Waals surface area contributed by atoms with E-state index >= 15 is 0 Å². The van der Waals surface area contributed by atoms with E-state index in [2.05, 4.69) is 15.3 Å². The number of halogens is 2. The summed E-state index contributed by atoms with van der Waals surface area (Å²) in [5, 5.41) is 2.91. The molecule has 1 saturated heterocycles. The number of alkyl halides is 2. The molecule has 174 valence electrons. The molecule has 33 heavy (non-hydrogen) atoms. The highest BCUT2D eigenvalue weighted by Crippen LogP contribution is 2.56. The number of nitrogens with one attached hydrogen (secondary N) is 1. The molecule has 5 rings (SSSR count). The van der Waals surface area contributed by atoms with Crippen LogP contribution in [0.3, 0.4) is 0 Å². The quantitative estimate of drug-likeness (QED) is 0.580. The van der Waals surface area contributed by atoms with Gasteiger partial charge in [-0.25, -0.2) is 9.97 Å². The summed E-state index contributed by atoms with van der Waals surface area (Å²) < 4.78 is 45.0. The van der Waals surface area contributed by atoms with E-state index in [1.165, 1.54) is 7.11 Å². The second-order valence-corrected chi connectivity index (χ2v) is 8.48. The van der Waals surface area contributed by atoms with Gasteiger partial charge >= 0.3 is 6.55 Å². The highest BCUT2D eigenvalue weighted by molar-refractivity contribution is 5.88. The third-order valence-electron chi connectivity index (χ3n) is 6.71. The van der Waals surface area contributed by atoms with Gasteiger partial charge < -0.3 is 19.5 Å². The van der Waals surface area contributed by atoms with Crippen molar-refractivity contribution in [1.82, 2.24) is 19.9 Å². The molecule has 10 heteroatoms. The van der Waals surface area contributed by atoms with Gasteiger partial charge in [-0.1, -0.05) is 0 Å². The summed E-state index contributed by atoms with van der Waals surface area (Å²) in [7, 11) is 3.07. The Morgan fingerprint density at radius 2 is 1.94 bits per heavy atom. The maximum absolute atomic E-state index is 13.7. The molecule has 2 atom stereocenters. The first-order chi connectivity index (χ1) is 15.9. The van der Waals surface area contributed by atoms with Crippen LogP contribution >= 0.6 is 0 Å². The van der Waals surface area contributed by atoms with E-state index in [0.29, 0.717) is 34.8 Å². The lowest BCUT2D eigenvalue weighted by Gasteiger charge is -2.24. The van der Waals surface area contributed by atoms with Crippen molar-refractivity contribution in [3.63, 3.8) is 0 Å². The highest BCUT2D eigenvalue weighted by Gasteiger charge is 2.61. The summed E-state index contributed by atoms with van der Waals surface area (Å²) in [6.07, 6.45) is 2.28. The monoisotopic (exact) mass is 458 g/mol. The van der Waals surface area contributed by atoms with E-state index < -0.39 is 18.1 Å². The van der Waals surface area contributed by atoms with Gasteiger partial charge in [0.05, 0.1) is 30.8 Å². The first kappa shape index (κ1) is 21.4. The minimum absolute atomic E-state index is 0.0396. The molecule has 1 amide bonds. The number of hydrogen-bond acceptors (Lipinski definition) is 6. The number of benzene rings is 1. The van der Waals surface area contributed by atoms with Crippen LogP contribution in [0.4, 0.5) is 8.78 Å². The molecule has 1 N–H and O–H groups in total.